The number of hydrogen-bond acceptors (Lipinski definition) is 5. The Morgan fingerprint density at radius 1 is 0.737 bits per heavy atom. The normalized spacial score (nSPS) is 15.0. The first-order valence-electron chi connectivity index (χ1n) is 14.7. The van der Waals surface area contributed by atoms with E-state index in [0.717, 1.165) is 56.6 Å². The minimum atomic E-state index is 1.05. The number of nitrogens with one attached hydrogen (secondary N) is 1. The fourth-order valence-electron chi connectivity index (χ4n) is 6.41. The highest BCUT2D eigenvalue weighted by molar-refractivity contribution is 7.99. The van der Waals surface area contributed by atoms with Gasteiger partial charge in [-0.25, -0.2) is 0 Å². The van der Waals surface area contributed by atoms with Crippen LogP contribution in [-0.2, 0) is 25.7 Å². The first-order chi connectivity index (χ1) is 18.8. The van der Waals surface area contributed by atoms with Crippen molar-refractivity contribution in [3.63, 3.8) is 0 Å². The van der Waals surface area contributed by atoms with Gasteiger partial charge in [-0.05, 0) is 107 Å². The Bertz CT molecular complexity index is 1420. The molecule has 2 aliphatic carbocycles. The lowest BCUT2D eigenvalue weighted by molar-refractivity contribution is 0.651. The van der Waals surface area contributed by atoms with Crippen molar-refractivity contribution >= 4 is 39.3 Å². The summed E-state index contributed by atoms with van der Waals surface area (Å²) in [5.74, 6) is 1.13. The van der Waals surface area contributed by atoms with Gasteiger partial charge in [-0.2, -0.15) is 0 Å². The smallest absolute Gasteiger partial charge is 0.0726 e. The molecule has 0 radical (unpaired) electrons. The first kappa shape index (κ1) is 25.6. The minimum Gasteiger partial charge on any atom is -0.371 e. The van der Waals surface area contributed by atoms with Crippen LogP contribution in [0, 0.1) is 0 Å². The average molecular weight is 525 g/mol. The van der Waals surface area contributed by atoms with Crippen molar-refractivity contribution in [1.82, 2.24) is 15.3 Å². The van der Waals surface area contributed by atoms with E-state index in [1.165, 1.54) is 87.9 Å². The number of rotatable bonds is 10. The van der Waals surface area contributed by atoms with E-state index in [2.05, 4.69) is 77.6 Å². The van der Waals surface area contributed by atoms with E-state index < -0.39 is 0 Å². The van der Waals surface area contributed by atoms with Gasteiger partial charge in [0.25, 0.3) is 0 Å². The molecule has 0 saturated carbocycles. The molecule has 2 aliphatic rings. The van der Waals surface area contributed by atoms with Crippen molar-refractivity contribution in [3.05, 3.63) is 71.0 Å². The van der Waals surface area contributed by atoms with Crippen molar-refractivity contribution in [2.24, 2.45) is 0 Å². The highest BCUT2D eigenvalue weighted by Gasteiger charge is 2.22. The number of aryl methyl sites for hydroxylation is 2. The third-order valence-electron chi connectivity index (χ3n) is 8.25. The second-order valence-corrected chi connectivity index (χ2v) is 12.0. The minimum absolute atomic E-state index is 1.05. The van der Waals surface area contributed by atoms with Gasteiger partial charge in [-0.15, -0.1) is 11.8 Å². The van der Waals surface area contributed by atoms with Gasteiger partial charge in [0.2, 0.25) is 0 Å². The maximum absolute atomic E-state index is 5.11. The zero-order chi connectivity index (χ0) is 25.7. The van der Waals surface area contributed by atoms with Crippen LogP contribution in [0.3, 0.4) is 0 Å². The molecule has 2 heterocycles. The summed E-state index contributed by atoms with van der Waals surface area (Å²) in [5.41, 5.74) is 9.53. The number of fused-ring (bicyclic) bond motifs is 4. The van der Waals surface area contributed by atoms with Crippen LogP contribution in [0.5, 0.6) is 0 Å². The van der Waals surface area contributed by atoms with Crippen LogP contribution in [0.25, 0.3) is 21.8 Å². The molecule has 4 nitrogen and oxygen atoms in total. The summed E-state index contributed by atoms with van der Waals surface area (Å²) < 4.78 is 0. The summed E-state index contributed by atoms with van der Waals surface area (Å²) in [4.78, 5) is 14.4. The Morgan fingerprint density at radius 2 is 1.34 bits per heavy atom. The van der Waals surface area contributed by atoms with E-state index >= 15 is 0 Å². The van der Waals surface area contributed by atoms with Crippen molar-refractivity contribution < 1.29 is 0 Å². The molecular weight excluding hydrogens is 484 g/mol. The van der Waals surface area contributed by atoms with Crippen LogP contribution in [0.2, 0.25) is 0 Å². The molecule has 0 aliphatic heterocycles. The van der Waals surface area contributed by atoms with E-state index in [0.29, 0.717) is 0 Å². The standard InChI is InChI=1S/C33H40N4S/c1-34-20-10-21-37(32-24-12-2-6-16-28(24)35-29-17-7-3-13-25(29)32)22-11-23-38-33-26-14-4-8-18-30(26)36-31-19-9-5-15-27(31)33/h2,4,6,8,12,14,16,18,34H,3,5,7,9-11,13,15,17,19-23H2,1H3. The highest BCUT2D eigenvalue weighted by Crippen LogP contribution is 2.38. The summed E-state index contributed by atoms with van der Waals surface area (Å²) in [7, 11) is 2.06. The Hall–Kier alpha value is -2.63. The van der Waals surface area contributed by atoms with Crippen molar-refractivity contribution in [2.45, 2.75) is 69.1 Å². The molecule has 0 fully saturated rings. The molecule has 0 unspecified atom stereocenters. The van der Waals surface area contributed by atoms with Crippen LogP contribution in [-0.4, -0.2) is 42.4 Å². The lowest BCUT2D eigenvalue weighted by atomic mass is 9.92. The molecule has 38 heavy (non-hydrogen) atoms. The zero-order valence-electron chi connectivity index (χ0n) is 22.8. The quantitative estimate of drug-likeness (QED) is 0.176. The molecule has 6 rings (SSSR count). The van der Waals surface area contributed by atoms with Crippen LogP contribution in [0.15, 0.2) is 53.4 Å². The van der Waals surface area contributed by atoms with E-state index in [4.69, 9.17) is 9.97 Å². The Labute approximate surface area is 231 Å². The largest absolute Gasteiger partial charge is 0.371 e. The van der Waals surface area contributed by atoms with Crippen LogP contribution < -0.4 is 10.2 Å². The number of thioether (sulfide) groups is 1. The number of pyridine rings is 2. The first-order valence-corrected chi connectivity index (χ1v) is 15.7. The molecule has 2 aromatic carbocycles. The lowest BCUT2D eigenvalue weighted by Gasteiger charge is -2.31. The van der Waals surface area contributed by atoms with Gasteiger partial charge in [-0.1, -0.05) is 36.4 Å². The summed E-state index contributed by atoms with van der Waals surface area (Å²) in [6.07, 6.45) is 12.0. The predicted octanol–water partition coefficient (Wildman–Crippen LogP) is 7.14. The van der Waals surface area contributed by atoms with Crippen molar-refractivity contribution in [1.29, 1.82) is 0 Å². The molecule has 0 saturated heterocycles. The molecule has 0 atom stereocenters. The van der Waals surface area contributed by atoms with Crippen molar-refractivity contribution in [3.8, 4) is 0 Å². The van der Waals surface area contributed by atoms with Gasteiger partial charge in [0, 0.05) is 40.1 Å². The maximum atomic E-state index is 5.11. The third-order valence-corrected chi connectivity index (χ3v) is 9.49. The van der Waals surface area contributed by atoms with Gasteiger partial charge in [-0.3, -0.25) is 9.97 Å². The maximum Gasteiger partial charge on any atom is 0.0726 e. The summed E-state index contributed by atoms with van der Waals surface area (Å²) in [5, 5.41) is 6.04. The molecule has 198 valence electrons. The molecule has 2 aromatic heterocycles. The van der Waals surface area contributed by atoms with Gasteiger partial charge >= 0.3 is 0 Å². The van der Waals surface area contributed by atoms with E-state index in [-0.39, 0.29) is 0 Å². The molecule has 0 amide bonds. The fourth-order valence-corrected chi connectivity index (χ4v) is 7.61. The highest BCUT2D eigenvalue weighted by atomic mass is 32.2. The number of benzene rings is 2. The Balaban J connectivity index is 1.26. The van der Waals surface area contributed by atoms with E-state index in [1.807, 2.05) is 0 Å². The van der Waals surface area contributed by atoms with Crippen LogP contribution in [0.4, 0.5) is 5.69 Å². The summed E-state index contributed by atoms with van der Waals surface area (Å²) >= 11 is 2.07. The number of hydrogen-bond donors (Lipinski definition) is 1. The summed E-state index contributed by atoms with van der Waals surface area (Å²) in [6.45, 7) is 3.22. The fraction of sp³-hybridized carbons (Fsp3) is 0.455. The zero-order valence-corrected chi connectivity index (χ0v) is 23.6. The molecule has 1 N–H and O–H groups in total. The van der Waals surface area contributed by atoms with E-state index in [9.17, 15) is 0 Å². The third kappa shape index (κ3) is 5.28. The van der Waals surface area contributed by atoms with Gasteiger partial charge < -0.3 is 10.2 Å². The number of aromatic nitrogens is 2. The second-order valence-electron chi connectivity index (χ2n) is 10.8. The molecular formula is C33H40N4S. The molecule has 0 spiro atoms. The van der Waals surface area contributed by atoms with Crippen LogP contribution >= 0.6 is 11.8 Å². The van der Waals surface area contributed by atoms with Gasteiger partial charge in [0.1, 0.15) is 0 Å². The van der Waals surface area contributed by atoms with Crippen molar-refractivity contribution in [2.75, 3.05) is 37.3 Å². The van der Waals surface area contributed by atoms with E-state index in [1.54, 1.807) is 0 Å². The molecule has 5 heteroatoms. The average Bonchev–Trinajstić information content (AvgIpc) is 2.96. The predicted molar refractivity (Wildman–Crippen MR) is 163 cm³/mol. The molecule has 0 bridgehead atoms. The monoisotopic (exact) mass is 524 g/mol. The summed E-state index contributed by atoms with van der Waals surface area (Å²) in [6, 6.07) is 17.6. The Kier molecular flexibility index (Phi) is 8.13. The molecule has 4 aromatic rings. The Morgan fingerprint density at radius 3 is 2.11 bits per heavy atom. The topological polar surface area (TPSA) is 41.0 Å². The number of nitrogens with zero attached hydrogens (tertiary/aromatic N) is 3. The number of anilines is 1. The second kappa shape index (κ2) is 12.0. The van der Waals surface area contributed by atoms with Gasteiger partial charge in [0.05, 0.1) is 16.7 Å². The lowest BCUT2D eigenvalue weighted by Crippen LogP contribution is -2.30. The van der Waals surface area contributed by atoms with Gasteiger partial charge in [0.15, 0.2) is 0 Å². The van der Waals surface area contributed by atoms with Crippen LogP contribution in [0.1, 0.15) is 61.0 Å². The number of para-hydroxylation sites is 2. The SMILES string of the molecule is CNCCCN(CCCSc1c2c(nc3ccccc13)CCCC2)c1c2c(nc3ccccc13)CCCC2.